The third-order valence-corrected chi connectivity index (χ3v) is 4.88. The molecule has 144 valence electrons. The summed E-state index contributed by atoms with van der Waals surface area (Å²) in [6, 6.07) is 0. The zero-order chi connectivity index (χ0) is 19.5. The molecular formula is C17H25IN4O4. The molecule has 1 amide bonds. The first-order valence-electron chi connectivity index (χ1n) is 8.53. The lowest BCUT2D eigenvalue weighted by atomic mass is 9.99. The van der Waals surface area contributed by atoms with E-state index in [1.807, 2.05) is 27.7 Å². The van der Waals surface area contributed by atoms with Crippen LogP contribution in [0.2, 0.25) is 0 Å². The van der Waals surface area contributed by atoms with E-state index in [0.29, 0.717) is 26.2 Å². The van der Waals surface area contributed by atoms with E-state index >= 15 is 0 Å². The second-order valence-corrected chi connectivity index (χ2v) is 8.38. The Balaban J connectivity index is 2.11. The van der Waals surface area contributed by atoms with Crippen molar-refractivity contribution in [1.29, 1.82) is 0 Å². The lowest BCUT2D eigenvalue weighted by molar-refractivity contribution is -0.137. The molecule has 1 saturated heterocycles. The molecule has 0 aromatic carbocycles. The molecule has 1 N–H and O–H groups in total. The Kier molecular flexibility index (Phi) is 6.64. The number of ether oxygens (including phenoxy) is 1. The highest BCUT2D eigenvalue weighted by Gasteiger charge is 2.29. The molecule has 0 bridgehead atoms. The van der Waals surface area contributed by atoms with Gasteiger partial charge in [0.2, 0.25) is 0 Å². The molecule has 1 aromatic heterocycles. The quantitative estimate of drug-likeness (QED) is 0.528. The van der Waals surface area contributed by atoms with Crippen molar-refractivity contribution in [2.75, 3.05) is 31.1 Å². The van der Waals surface area contributed by atoms with Crippen molar-refractivity contribution in [3.05, 3.63) is 15.6 Å². The van der Waals surface area contributed by atoms with Gasteiger partial charge in [-0.25, -0.2) is 14.8 Å². The van der Waals surface area contributed by atoms with E-state index in [4.69, 9.17) is 9.84 Å². The van der Waals surface area contributed by atoms with Gasteiger partial charge in [0.25, 0.3) is 0 Å². The number of hydrogen-bond acceptors (Lipinski definition) is 6. The molecule has 26 heavy (non-hydrogen) atoms. The van der Waals surface area contributed by atoms with Crippen LogP contribution < -0.4 is 4.90 Å². The van der Waals surface area contributed by atoms with Crippen LogP contribution in [0, 0.1) is 3.70 Å². The Bertz CT molecular complexity index is 669. The number of amides is 1. The summed E-state index contributed by atoms with van der Waals surface area (Å²) in [7, 11) is 0. The Labute approximate surface area is 167 Å². The first-order chi connectivity index (χ1) is 12.1. The van der Waals surface area contributed by atoms with Gasteiger partial charge in [-0.1, -0.05) is 6.92 Å². The number of nitrogens with zero attached hydrogens (tertiary/aromatic N) is 4. The van der Waals surface area contributed by atoms with Crippen molar-refractivity contribution in [2.24, 2.45) is 0 Å². The highest BCUT2D eigenvalue weighted by Crippen LogP contribution is 2.31. The molecule has 0 spiro atoms. The topological polar surface area (TPSA) is 95.9 Å². The van der Waals surface area contributed by atoms with E-state index in [-0.39, 0.29) is 18.4 Å². The molecular weight excluding hydrogens is 451 g/mol. The minimum absolute atomic E-state index is 0.0221. The van der Waals surface area contributed by atoms with E-state index in [2.05, 4.69) is 37.5 Å². The normalized spacial score (nSPS) is 16.3. The summed E-state index contributed by atoms with van der Waals surface area (Å²) >= 11 is 2.12. The summed E-state index contributed by atoms with van der Waals surface area (Å²) < 4.78 is 6.18. The van der Waals surface area contributed by atoms with Crippen LogP contribution in [0.3, 0.4) is 0 Å². The standard InChI is InChI=1S/C17H25IN4O4/c1-11(9-12(23)24)13-14(18)19-10-20-15(13)21-5-7-22(8-6-21)16(25)26-17(2,3)4/h10-11H,5-9H2,1-4H3,(H,23,24). The predicted octanol–water partition coefficient (Wildman–Crippen LogP) is 2.72. The van der Waals surface area contributed by atoms with Crippen LogP contribution in [-0.2, 0) is 9.53 Å². The largest absolute Gasteiger partial charge is 0.481 e. The highest BCUT2D eigenvalue weighted by atomic mass is 127. The molecule has 0 aliphatic carbocycles. The van der Waals surface area contributed by atoms with Gasteiger partial charge >= 0.3 is 12.1 Å². The van der Waals surface area contributed by atoms with E-state index in [9.17, 15) is 9.59 Å². The highest BCUT2D eigenvalue weighted by molar-refractivity contribution is 14.1. The molecule has 0 saturated carbocycles. The van der Waals surface area contributed by atoms with Crippen LogP contribution in [0.4, 0.5) is 10.6 Å². The van der Waals surface area contributed by atoms with Crippen molar-refractivity contribution in [3.63, 3.8) is 0 Å². The van der Waals surface area contributed by atoms with Gasteiger partial charge < -0.3 is 19.6 Å². The summed E-state index contributed by atoms with van der Waals surface area (Å²) in [6.07, 6.45) is 1.21. The monoisotopic (exact) mass is 476 g/mol. The van der Waals surface area contributed by atoms with Crippen LogP contribution in [0.1, 0.15) is 45.6 Å². The fraction of sp³-hybridized carbons (Fsp3) is 0.647. The summed E-state index contributed by atoms with van der Waals surface area (Å²) in [5.41, 5.74) is 0.331. The van der Waals surface area contributed by atoms with Gasteiger partial charge in [-0.2, -0.15) is 0 Å². The Morgan fingerprint density at radius 2 is 1.88 bits per heavy atom. The number of carboxylic acid groups (broad SMARTS) is 1. The third-order valence-electron chi connectivity index (χ3n) is 4.02. The van der Waals surface area contributed by atoms with Crippen molar-refractivity contribution >= 4 is 40.5 Å². The van der Waals surface area contributed by atoms with Crippen LogP contribution >= 0.6 is 22.6 Å². The lowest BCUT2D eigenvalue weighted by Gasteiger charge is -2.37. The number of hydrogen-bond donors (Lipinski definition) is 1. The van der Waals surface area contributed by atoms with Gasteiger partial charge in [0.15, 0.2) is 0 Å². The van der Waals surface area contributed by atoms with Crippen molar-refractivity contribution < 1.29 is 19.4 Å². The smallest absolute Gasteiger partial charge is 0.410 e. The van der Waals surface area contributed by atoms with E-state index in [0.717, 1.165) is 15.1 Å². The van der Waals surface area contributed by atoms with Crippen LogP contribution in [0.15, 0.2) is 6.33 Å². The number of aliphatic carboxylic acids is 1. The Morgan fingerprint density at radius 3 is 2.42 bits per heavy atom. The summed E-state index contributed by atoms with van der Waals surface area (Å²) in [5.74, 6) is -0.292. The molecule has 1 unspecified atom stereocenters. The maximum absolute atomic E-state index is 12.2. The molecule has 1 atom stereocenters. The second kappa shape index (κ2) is 8.36. The van der Waals surface area contributed by atoms with Crippen molar-refractivity contribution in [1.82, 2.24) is 14.9 Å². The van der Waals surface area contributed by atoms with Crippen molar-refractivity contribution in [2.45, 2.75) is 45.6 Å². The first-order valence-corrected chi connectivity index (χ1v) is 9.61. The molecule has 9 heteroatoms. The zero-order valence-electron chi connectivity index (χ0n) is 15.5. The minimum atomic E-state index is -0.849. The number of anilines is 1. The van der Waals surface area contributed by atoms with Crippen LogP contribution in [0.5, 0.6) is 0 Å². The summed E-state index contributed by atoms with van der Waals surface area (Å²) in [6.45, 7) is 9.69. The number of carbonyl (C=O) groups is 2. The van der Waals surface area contributed by atoms with Gasteiger partial charge in [-0.05, 0) is 49.3 Å². The molecule has 1 aromatic rings. The zero-order valence-corrected chi connectivity index (χ0v) is 17.7. The maximum Gasteiger partial charge on any atom is 0.410 e. The van der Waals surface area contributed by atoms with Gasteiger partial charge in [-0.3, -0.25) is 4.79 Å². The van der Waals surface area contributed by atoms with E-state index < -0.39 is 11.6 Å². The van der Waals surface area contributed by atoms with Crippen LogP contribution in [-0.4, -0.2) is 63.8 Å². The predicted molar refractivity (Wildman–Crippen MR) is 105 cm³/mol. The maximum atomic E-state index is 12.2. The van der Waals surface area contributed by atoms with Gasteiger partial charge in [0, 0.05) is 31.7 Å². The fourth-order valence-corrected chi connectivity index (χ4v) is 3.73. The average Bonchev–Trinajstić information content (AvgIpc) is 2.52. The number of piperazine rings is 1. The number of rotatable bonds is 4. The lowest BCUT2D eigenvalue weighted by Crippen LogP contribution is -2.50. The number of aromatic nitrogens is 2. The minimum Gasteiger partial charge on any atom is -0.481 e. The molecule has 1 aliphatic heterocycles. The number of carbonyl (C=O) groups excluding carboxylic acids is 1. The molecule has 8 nitrogen and oxygen atoms in total. The summed E-state index contributed by atoms with van der Waals surface area (Å²) in [5, 5.41) is 9.11. The van der Waals surface area contributed by atoms with E-state index in [1.54, 1.807) is 4.90 Å². The molecule has 1 aliphatic rings. The molecule has 2 rings (SSSR count). The molecule has 0 radical (unpaired) electrons. The SMILES string of the molecule is CC(CC(=O)O)c1c(I)ncnc1N1CCN(C(=O)OC(C)(C)C)CC1. The van der Waals surface area contributed by atoms with Gasteiger partial charge in [-0.15, -0.1) is 0 Å². The molecule has 2 heterocycles. The van der Waals surface area contributed by atoms with Crippen LogP contribution in [0.25, 0.3) is 0 Å². The first kappa shape index (κ1) is 20.7. The summed E-state index contributed by atoms with van der Waals surface area (Å²) in [4.78, 5) is 35.7. The number of carboxylic acids is 1. The Hall–Kier alpha value is -1.65. The van der Waals surface area contributed by atoms with E-state index in [1.165, 1.54) is 6.33 Å². The fourth-order valence-electron chi connectivity index (χ4n) is 2.83. The Morgan fingerprint density at radius 1 is 1.27 bits per heavy atom. The second-order valence-electron chi connectivity index (χ2n) is 7.36. The van der Waals surface area contributed by atoms with Crippen molar-refractivity contribution in [3.8, 4) is 0 Å². The average molecular weight is 476 g/mol. The van der Waals surface area contributed by atoms with Gasteiger partial charge in [0.1, 0.15) is 21.4 Å². The third kappa shape index (κ3) is 5.42. The number of halogens is 1. The molecule has 1 fully saturated rings. The van der Waals surface area contributed by atoms with Gasteiger partial charge in [0.05, 0.1) is 6.42 Å².